The zero-order chi connectivity index (χ0) is 15.6. The summed E-state index contributed by atoms with van der Waals surface area (Å²) in [7, 11) is 0. The lowest BCUT2D eigenvalue weighted by atomic mass is 9.89. The van der Waals surface area contributed by atoms with Crippen LogP contribution >= 0.6 is 31.9 Å². The Morgan fingerprint density at radius 2 is 1.43 bits per heavy atom. The topological polar surface area (TPSA) is 0 Å². The molecule has 0 bridgehead atoms. The summed E-state index contributed by atoms with van der Waals surface area (Å²) in [5.41, 5.74) is 1.34. The van der Waals surface area contributed by atoms with E-state index in [0.717, 1.165) is 0 Å². The van der Waals surface area contributed by atoms with Crippen molar-refractivity contribution in [2.45, 2.75) is 74.9 Å². The van der Waals surface area contributed by atoms with E-state index in [9.17, 15) is 0 Å². The van der Waals surface area contributed by atoms with E-state index in [1.54, 1.807) is 0 Å². The molecular formula is C19H30Br2. The van der Waals surface area contributed by atoms with Crippen LogP contribution in [0.3, 0.4) is 0 Å². The molecule has 0 aromatic heterocycles. The van der Waals surface area contributed by atoms with Gasteiger partial charge < -0.3 is 0 Å². The van der Waals surface area contributed by atoms with Crippen LogP contribution in [0.4, 0.5) is 0 Å². The fraction of sp³-hybridized carbons (Fsp3) is 0.684. The van der Waals surface area contributed by atoms with Crippen LogP contribution in [0, 0.1) is 5.92 Å². The fourth-order valence-corrected chi connectivity index (χ4v) is 4.37. The third-order valence-electron chi connectivity index (χ3n) is 4.21. The SMILES string of the molecule is CCCCCCCCC(CCC)C(Br)(Br)c1ccccc1. The first-order valence-electron chi connectivity index (χ1n) is 8.56. The number of alkyl halides is 2. The molecule has 0 amide bonds. The molecule has 0 heterocycles. The molecule has 0 saturated carbocycles. The Labute approximate surface area is 148 Å². The van der Waals surface area contributed by atoms with Crippen LogP contribution < -0.4 is 0 Å². The van der Waals surface area contributed by atoms with Gasteiger partial charge >= 0.3 is 0 Å². The van der Waals surface area contributed by atoms with Crippen molar-refractivity contribution in [2.75, 3.05) is 0 Å². The maximum atomic E-state index is 3.97. The second-order valence-electron chi connectivity index (χ2n) is 6.03. The van der Waals surface area contributed by atoms with Gasteiger partial charge in [0.2, 0.25) is 0 Å². The van der Waals surface area contributed by atoms with Gasteiger partial charge in [0.25, 0.3) is 0 Å². The first-order chi connectivity index (χ1) is 10.1. The Hall–Kier alpha value is 0.180. The summed E-state index contributed by atoms with van der Waals surface area (Å²) in [6.45, 7) is 4.57. The molecule has 1 aromatic rings. The predicted octanol–water partition coefficient (Wildman–Crippen LogP) is 7.80. The minimum absolute atomic E-state index is 0.0688. The highest BCUT2D eigenvalue weighted by atomic mass is 79.9. The van der Waals surface area contributed by atoms with Gasteiger partial charge in [0.1, 0.15) is 3.23 Å². The van der Waals surface area contributed by atoms with Crippen LogP contribution in [-0.4, -0.2) is 0 Å². The molecular weight excluding hydrogens is 388 g/mol. The molecule has 0 fully saturated rings. The van der Waals surface area contributed by atoms with Crippen molar-refractivity contribution in [1.82, 2.24) is 0 Å². The van der Waals surface area contributed by atoms with Crippen LogP contribution in [0.1, 0.15) is 77.2 Å². The quantitative estimate of drug-likeness (QED) is 0.254. The van der Waals surface area contributed by atoms with Gasteiger partial charge in [-0.3, -0.25) is 0 Å². The lowest BCUT2D eigenvalue weighted by Crippen LogP contribution is -2.22. The minimum atomic E-state index is -0.0688. The van der Waals surface area contributed by atoms with E-state index in [1.807, 2.05) is 0 Å². The summed E-state index contributed by atoms with van der Waals surface area (Å²) in [5.74, 6) is 0.649. The zero-order valence-corrected chi connectivity index (χ0v) is 16.8. The Morgan fingerprint density at radius 1 is 0.810 bits per heavy atom. The smallest absolute Gasteiger partial charge is 0.0671 e. The molecule has 1 unspecified atom stereocenters. The number of hydrogen-bond acceptors (Lipinski definition) is 0. The fourth-order valence-electron chi connectivity index (χ4n) is 2.92. The molecule has 21 heavy (non-hydrogen) atoms. The number of benzene rings is 1. The van der Waals surface area contributed by atoms with Crippen LogP contribution in [-0.2, 0) is 3.23 Å². The lowest BCUT2D eigenvalue weighted by Gasteiger charge is -2.31. The molecule has 120 valence electrons. The highest BCUT2D eigenvalue weighted by Crippen LogP contribution is 2.48. The van der Waals surface area contributed by atoms with Crippen molar-refractivity contribution in [3.8, 4) is 0 Å². The molecule has 0 saturated heterocycles. The van der Waals surface area contributed by atoms with E-state index in [1.165, 1.54) is 63.4 Å². The molecule has 0 radical (unpaired) electrons. The van der Waals surface area contributed by atoms with Gasteiger partial charge in [0, 0.05) is 0 Å². The number of unbranched alkanes of at least 4 members (excludes halogenated alkanes) is 5. The molecule has 0 aliphatic rings. The van der Waals surface area contributed by atoms with E-state index in [4.69, 9.17) is 0 Å². The first-order valence-corrected chi connectivity index (χ1v) is 10.1. The largest absolute Gasteiger partial charge is 0.108 e. The van der Waals surface area contributed by atoms with Crippen molar-refractivity contribution < 1.29 is 0 Å². The predicted molar refractivity (Wildman–Crippen MR) is 102 cm³/mol. The maximum Gasteiger partial charge on any atom is 0.108 e. The number of halogens is 2. The van der Waals surface area contributed by atoms with Crippen LogP contribution in [0.2, 0.25) is 0 Å². The van der Waals surface area contributed by atoms with Crippen molar-refractivity contribution in [3.63, 3.8) is 0 Å². The Morgan fingerprint density at radius 3 is 2.05 bits per heavy atom. The Bertz CT molecular complexity index is 359. The molecule has 1 atom stereocenters. The highest BCUT2D eigenvalue weighted by molar-refractivity contribution is 9.24. The summed E-state index contributed by atoms with van der Waals surface area (Å²) in [5, 5.41) is 0. The van der Waals surface area contributed by atoms with E-state index in [-0.39, 0.29) is 3.23 Å². The first kappa shape index (κ1) is 19.2. The zero-order valence-electron chi connectivity index (χ0n) is 13.6. The second-order valence-corrected chi connectivity index (χ2v) is 9.60. The summed E-state index contributed by atoms with van der Waals surface area (Å²) >= 11 is 7.94. The van der Waals surface area contributed by atoms with Crippen molar-refractivity contribution in [1.29, 1.82) is 0 Å². The van der Waals surface area contributed by atoms with Gasteiger partial charge in [0.05, 0.1) is 0 Å². The molecule has 0 spiro atoms. The summed E-state index contributed by atoms with van der Waals surface area (Å²) < 4.78 is -0.0688. The van der Waals surface area contributed by atoms with Gasteiger partial charge in [-0.1, -0.05) is 121 Å². The van der Waals surface area contributed by atoms with Gasteiger partial charge in [-0.2, -0.15) is 0 Å². The molecule has 0 nitrogen and oxygen atoms in total. The van der Waals surface area contributed by atoms with Gasteiger partial charge in [-0.15, -0.1) is 0 Å². The lowest BCUT2D eigenvalue weighted by molar-refractivity contribution is 0.400. The standard InChI is InChI=1S/C19H30Br2/c1-3-5-6-7-8-10-14-17(13-4-2)19(20,21)18-15-11-9-12-16-18/h9,11-12,15-17H,3-8,10,13-14H2,1-2H3. The van der Waals surface area contributed by atoms with Crippen LogP contribution in [0.5, 0.6) is 0 Å². The highest BCUT2D eigenvalue weighted by Gasteiger charge is 2.34. The minimum Gasteiger partial charge on any atom is -0.0671 e. The van der Waals surface area contributed by atoms with Crippen molar-refractivity contribution in [2.24, 2.45) is 5.92 Å². The van der Waals surface area contributed by atoms with Crippen molar-refractivity contribution in [3.05, 3.63) is 35.9 Å². The Kier molecular flexibility index (Phi) is 9.92. The van der Waals surface area contributed by atoms with E-state index in [0.29, 0.717) is 5.92 Å². The normalized spacial score (nSPS) is 13.3. The monoisotopic (exact) mass is 416 g/mol. The number of hydrogen-bond donors (Lipinski definition) is 0. The number of rotatable bonds is 11. The molecule has 0 aliphatic heterocycles. The van der Waals surface area contributed by atoms with E-state index in [2.05, 4.69) is 76.0 Å². The van der Waals surface area contributed by atoms with Crippen LogP contribution in [0.15, 0.2) is 30.3 Å². The average Bonchev–Trinajstić information content (AvgIpc) is 2.50. The molecule has 0 aliphatic carbocycles. The van der Waals surface area contributed by atoms with E-state index < -0.39 is 0 Å². The summed E-state index contributed by atoms with van der Waals surface area (Å²) in [6, 6.07) is 10.8. The molecule has 1 aromatic carbocycles. The van der Waals surface area contributed by atoms with Gasteiger partial charge in [-0.05, 0) is 24.3 Å². The Balaban J connectivity index is 2.51. The molecule has 0 N–H and O–H groups in total. The van der Waals surface area contributed by atoms with Crippen LogP contribution in [0.25, 0.3) is 0 Å². The second kappa shape index (κ2) is 10.8. The summed E-state index contributed by atoms with van der Waals surface area (Å²) in [6.07, 6.45) is 12.1. The van der Waals surface area contributed by atoms with Gasteiger partial charge in [0.15, 0.2) is 0 Å². The third kappa shape index (κ3) is 6.86. The maximum absolute atomic E-state index is 3.97. The summed E-state index contributed by atoms with van der Waals surface area (Å²) in [4.78, 5) is 0. The third-order valence-corrected chi connectivity index (χ3v) is 6.43. The van der Waals surface area contributed by atoms with E-state index >= 15 is 0 Å². The average molecular weight is 418 g/mol. The van der Waals surface area contributed by atoms with Gasteiger partial charge in [-0.25, -0.2) is 0 Å². The molecule has 2 heteroatoms. The molecule has 1 rings (SSSR count). The van der Waals surface area contributed by atoms with Crippen molar-refractivity contribution >= 4 is 31.9 Å².